The first kappa shape index (κ1) is 9.00. The minimum atomic E-state index is 0.113. The summed E-state index contributed by atoms with van der Waals surface area (Å²) in [6.45, 7) is 2.54. The third-order valence-corrected chi connectivity index (χ3v) is 2.52. The number of nitrogens with one attached hydrogen (secondary N) is 1. The molecule has 0 aromatic heterocycles. The molecule has 0 aliphatic carbocycles. The summed E-state index contributed by atoms with van der Waals surface area (Å²) in [4.78, 5) is 0. The third kappa shape index (κ3) is 2.02. The van der Waals surface area contributed by atoms with Crippen LogP contribution >= 0.6 is 11.6 Å². The molecule has 0 spiro atoms. The van der Waals surface area contributed by atoms with E-state index >= 15 is 0 Å². The maximum absolute atomic E-state index is 6.05. The molecule has 3 heteroatoms. The summed E-state index contributed by atoms with van der Waals surface area (Å²) < 4.78 is 5.60. The van der Waals surface area contributed by atoms with Crippen LogP contribution in [-0.2, 0) is 4.74 Å². The molecule has 0 bridgehead atoms. The van der Waals surface area contributed by atoms with E-state index < -0.39 is 0 Å². The zero-order chi connectivity index (χ0) is 9.10. The molecule has 1 fully saturated rings. The zero-order valence-corrected chi connectivity index (χ0v) is 8.05. The number of hydrogen-bond donors (Lipinski definition) is 1. The van der Waals surface area contributed by atoms with Crippen LogP contribution in [0.2, 0.25) is 5.02 Å². The van der Waals surface area contributed by atoms with Crippen LogP contribution in [0, 0.1) is 0 Å². The lowest BCUT2D eigenvalue weighted by Gasteiger charge is -2.24. The molecule has 1 aromatic carbocycles. The lowest BCUT2D eigenvalue weighted by atomic mass is 10.1. The van der Waals surface area contributed by atoms with Gasteiger partial charge in [0.2, 0.25) is 0 Å². The fraction of sp³-hybridized carbons (Fsp3) is 0.400. The van der Waals surface area contributed by atoms with E-state index in [1.54, 1.807) is 0 Å². The van der Waals surface area contributed by atoms with Crippen molar-refractivity contribution in [3.05, 3.63) is 34.9 Å². The Hall–Kier alpha value is -0.570. The van der Waals surface area contributed by atoms with Gasteiger partial charge in [0.05, 0.1) is 12.7 Å². The van der Waals surface area contributed by atoms with Crippen molar-refractivity contribution in [2.75, 3.05) is 19.7 Å². The maximum atomic E-state index is 6.05. The summed E-state index contributed by atoms with van der Waals surface area (Å²) in [5.41, 5.74) is 1.08. The highest BCUT2D eigenvalue weighted by Gasteiger charge is 2.17. The van der Waals surface area contributed by atoms with Crippen molar-refractivity contribution in [3.8, 4) is 0 Å². The fourth-order valence-electron chi connectivity index (χ4n) is 1.50. The van der Waals surface area contributed by atoms with Gasteiger partial charge in [0, 0.05) is 23.7 Å². The van der Waals surface area contributed by atoms with E-state index in [4.69, 9.17) is 16.3 Å². The average Bonchev–Trinajstić information content (AvgIpc) is 2.20. The Morgan fingerprint density at radius 1 is 1.38 bits per heavy atom. The number of morpholine rings is 1. The highest BCUT2D eigenvalue weighted by atomic mass is 35.5. The van der Waals surface area contributed by atoms with Gasteiger partial charge in [0.15, 0.2) is 0 Å². The van der Waals surface area contributed by atoms with Gasteiger partial charge in [-0.2, -0.15) is 0 Å². The fourth-order valence-corrected chi connectivity index (χ4v) is 1.76. The normalized spacial score (nSPS) is 23.0. The summed E-state index contributed by atoms with van der Waals surface area (Å²) in [5, 5.41) is 4.07. The van der Waals surface area contributed by atoms with Crippen molar-refractivity contribution < 1.29 is 4.74 Å². The van der Waals surface area contributed by atoms with E-state index in [9.17, 15) is 0 Å². The highest BCUT2D eigenvalue weighted by molar-refractivity contribution is 6.31. The molecule has 2 nitrogen and oxygen atoms in total. The van der Waals surface area contributed by atoms with E-state index in [0.29, 0.717) is 0 Å². The lowest BCUT2D eigenvalue weighted by molar-refractivity contribution is 0.0277. The minimum absolute atomic E-state index is 0.113. The summed E-state index contributed by atoms with van der Waals surface area (Å²) in [7, 11) is 0. The summed E-state index contributed by atoms with van der Waals surface area (Å²) in [5.74, 6) is 0. The SMILES string of the molecule is Clc1ccccc1[C@@H]1CNCCO1. The molecule has 1 aliphatic heterocycles. The molecular weight excluding hydrogens is 186 g/mol. The second kappa shape index (κ2) is 4.09. The monoisotopic (exact) mass is 197 g/mol. The van der Waals surface area contributed by atoms with Gasteiger partial charge in [-0.15, -0.1) is 0 Å². The van der Waals surface area contributed by atoms with Crippen molar-refractivity contribution in [3.63, 3.8) is 0 Å². The largest absolute Gasteiger partial charge is 0.371 e. The molecule has 1 aromatic rings. The molecule has 0 radical (unpaired) electrons. The Morgan fingerprint density at radius 3 is 2.92 bits per heavy atom. The smallest absolute Gasteiger partial charge is 0.0964 e. The van der Waals surface area contributed by atoms with Gasteiger partial charge in [-0.25, -0.2) is 0 Å². The first-order chi connectivity index (χ1) is 6.38. The number of ether oxygens (including phenoxy) is 1. The van der Waals surface area contributed by atoms with Gasteiger partial charge < -0.3 is 10.1 Å². The second-order valence-electron chi connectivity index (χ2n) is 3.09. The summed E-state index contributed by atoms with van der Waals surface area (Å²) in [6, 6.07) is 7.83. The Balaban J connectivity index is 2.18. The molecule has 1 aliphatic rings. The first-order valence-electron chi connectivity index (χ1n) is 4.44. The Labute approximate surface area is 82.9 Å². The van der Waals surface area contributed by atoms with Crippen LogP contribution in [0.1, 0.15) is 11.7 Å². The van der Waals surface area contributed by atoms with Crippen LogP contribution < -0.4 is 5.32 Å². The van der Waals surface area contributed by atoms with E-state index in [-0.39, 0.29) is 6.10 Å². The molecular formula is C10H12ClNO. The highest BCUT2D eigenvalue weighted by Crippen LogP contribution is 2.25. The van der Waals surface area contributed by atoms with E-state index in [2.05, 4.69) is 5.32 Å². The lowest BCUT2D eigenvalue weighted by Crippen LogP contribution is -2.33. The second-order valence-corrected chi connectivity index (χ2v) is 3.49. The standard InChI is InChI=1S/C10H12ClNO/c11-9-4-2-1-3-8(9)10-7-12-5-6-13-10/h1-4,10,12H,5-7H2/t10-/m0/s1. The summed E-state index contributed by atoms with van der Waals surface area (Å²) >= 11 is 6.05. The van der Waals surface area contributed by atoms with Crippen molar-refractivity contribution in [1.82, 2.24) is 5.32 Å². The molecule has 1 saturated heterocycles. The molecule has 70 valence electrons. The number of benzene rings is 1. The number of hydrogen-bond acceptors (Lipinski definition) is 2. The molecule has 13 heavy (non-hydrogen) atoms. The maximum Gasteiger partial charge on any atom is 0.0964 e. The molecule has 0 unspecified atom stereocenters. The molecule has 1 heterocycles. The van der Waals surface area contributed by atoms with Gasteiger partial charge in [-0.3, -0.25) is 0 Å². The van der Waals surface area contributed by atoms with Crippen LogP contribution in [0.4, 0.5) is 0 Å². The quantitative estimate of drug-likeness (QED) is 0.744. The molecule has 1 N–H and O–H groups in total. The van der Waals surface area contributed by atoms with Gasteiger partial charge in [0.1, 0.15) is 0 Å². The van der Waals surface area contributed by atoms with Crippen LogP contribution in [-0.4, -0.2) is 19.7 Å². The Kier molecular flexibility index (Phi) is 2.83. The molecule has 0 saturated carbocycles. The Morgan fingerprint density at radius 2 is 2.23 bits per heavy atom. The molecule has 0 amide bonds. The van der Waals surface area contributed by atoms with Crippen LogP contribution in [0.25, 0.3) is 0 Å². The van der Waals surface area contributed by atoms with Gasteiger partial charge >= 0.3 is 0 Å². The van der Waals surface area contributed by atoms with Crippen LogP contribution in [0.5, 0.6) is 0 Å². The predicted octanol–water partition coefficient (Wildman–Crippen LogP) is 2.00. The topological polar surface area (TPSA) is 21.3 Å². The minimum Gasteiger partial charge on any atom is -0.371 e. The zero-order valence-electron chi connectivity index (χ0n) is 7.29. The summed E-state index contributed by atoms with van der Waals surface area (Å²) in [6.07, 6.45) is 0.113. The number of halogens is 1. The van der Waals surface area contributed by atoms with Crippen molar-refractivity contribution in [2.24, 2.45) is 0 Å². The van der Waals surface area contributed by atoms with Crippen molar-refractivity contribution in [1.29, 1.82) is 0 Å². The van der Waals surface area contributed by atoms with E-state index in [1.807, 2.05) is 24.3 Å². The molecule has 2 rings (SSSR count). The van der Waals surface area contributed by atoms with Crippen molar-refractivity contribution in [2.45, 2.75) is 6.10 Å². The van der Waals surface area contributed by atoms with Gasteiger partial charge in [-0.1, -0.05) is 29.8 Å². The molecule has 1 atom stereocenters. The van der Waals surface area contributed by atoms with Gasteiger partial charge in [0.25, 0.3) is 0 Å². The Bertz CT molecular complexity index is 284. The average molecular weight is 198 g/mol. The van der Waals surface area contributed by atoms with Crippen LogP contribution in [0.3, 0.4) is 0 Å². The van der Waals surface area contributed by atoms with Gasteiger partial charge in [-0.05, 0) is 6.07 Å². The number of rotatable bonds is 1. The first-order valence-corrected chi connectivity index (χ1v) is 4.82. The van der Waals surface area contributed by atoms with E-state index in [1.165, 1.54) is 0 Å². The van der Waals surface area contributed by atoms with E-state index in [0.717, 1.165) is 30.3 Å². The van der Waals surface area contributed by atoms with Crippen LogP contribution in [0.15, 0.2) is 24.3 Å². The predicted molar refractivity (Wildman–Crippen MR) is 53.0 cm³/mol. The van der Waals surface area contributed by atoms with Crippen molar-refractivity contribution >= 4 is 11.6 Å². The third-order valence-electron chi connectivity index (χ3n) is 2.18.